The number of hydrogen-bond donors (Lipinski definition) is 4. The molecule has 5 aliphatic rings. The predicted octanol–water partition coefficient (Wildman–Crippen LogP) is 5.36. The number of urea groups is 1. The quantitative estimate of drug-likeness (QED) is 0.133. The molecule has 58 heavy (non-hydrogen) atoms. The molecule has 3 amide bonds. The van der Waals surface area contributed by atoms with E-state index in [1.807, 2.05) is 30.3 Å². The molecule has 4 aromatic rings. The number of amides is 3. The lowest BCUT2D eigenvalue weighted by Gasteiger charge is -2.44. The van der Waals surface area contributed by atoms with Crippen LogP contribution < -0.4 is 20.4 Å². The summed E-state index contributed by atoms with van der Waals surface area (Å²) in [4.78, 5) is 37.6. The lowest BCUT2D eigenvalue weighted by molar-refractivity contribution is -0.120. The summed E-state index contributed by atoms with van der Waals surface area (Å²) in [6, 6.07) is 18.6. The van der Waals surface area contributed by atoms with Crippen molar-refractivity contribution >= 4 is 56.5 Å². The summed E-state index contributed by atoms with van der Waals surface area (Å²) in [6.45, 7) is 6.44. The van der Waals surface area contributed by atoms with Crippen LogP contribution in [0.3, 0.4) is 0 Å². The van der Waals surface area contributed by atoms with E-state index < -0.39 is 0 Å². The highest BCUT2D eigenvalue weighted by atomic mass is 32.2. The molecule has 9 rings (SSSR count). The van der Waals surface area contributed by atoms with E-state index in [1.165, 1.54) is 11.8 Å². The smallest absolute Gasteiger partial charge is 0.328 e. The fraction of sp³-hybridized carbons (Fsp3) is 0.452. The number of nitrogens with zero attached hydrogens (tertiary/aromatic N) is 8. The summed E-state index contributed by atoms with van der Waals surface area (Å²) < 4.78 is 7.39. The Morgan fingerprint density at radius 3 is 2.40 bits per heavy atom. The minimum Gasteiger partial charge on any atom is -0.381 e. The molecular formula is C42H48N12O3S. The molecule has 0 saturated carbocycles. The van der Waals surface area contributed by atoms with E-state index >= 15 is 0 Å². The average molecular weight is 801 g/mol. The Kier molecular flexibility index (Phi) is 10.8. The van der Waals surface area contributed by atoms with Crippen molar-refractivity contribution in [2.24, 2.45) is 5.92 Å². The Hall–Kier alpha value is -5.50. The van der Waals surface area contributed by atoms with Crippen molar-refractivity contribution in [3.8, 4) is 17.5 Å². The number of nitrogens with one attached hydrogen (secondary N) is 4. The number of fused-ring (bicyclic) bond motifs is 3. The van der Waals surface area contributed by atoms with E-state index in [9.17, 15) is 25.7 Å². The van der Waals surface area contributed by atoms with Crippen molar-refractivity contribution in [1.82, 2.24) is 29.7 Å². The standard InChI is InChI=1S/C42H48N12O3S/c43-21-28-19-32-7-8-38(54(32)47-22-28)37-20-36(48-29-12-17-57-18-13-29)35(23-46-37)40(44)58-41(45)51-25-33-5-6-34(26-51)53(33)24-27-9-14-50(15-10-27)30-1-3-31(4-2-30)52-16-11-39(55)49-42(52)56/h1-4,7-8,19-20,22-23,27,29,33-34,44-45H,5-6,9-18,24-26H2,(H,46,48)(H,49,55,56). The number of thioether (sulfide) groups is 1. The maximum atomic E-state index is 12.3. The van der Waals surface area contributed by atoms with Gasteiger partial charge in [0.15, 0.2) is 5.17 Å². The van der Waals surface area contributed by atoms with Crippen molar-refractivity contribution < 1.29 is 14.3 Å². The first-order chi connectivity index (χ1) is 28.3. The number of ether oxygens (including phenoxy) is 1. The molecule has 16 heteroatoms. The topological polar surface area (TPSA) is 182 Å². The zero-order valence-corrected chi connectivity index (χ0v) is 33.2. The second kappa shape index (κ2) is 16.4. The zero-order valence-electron chi connectivity index (χ0n) is 32.4. The summed E-state index contributed by atoms with van der Waals surface area (Å²) in [6.07, 6.45) is 9.86. The van der Waals surface area contributed by atoms with Gasteiger partial charge in [0.2, 0.25) is 5.91 Å². The molecule has 5 saturated heterocycles. The number of amidine groups is 1. The van der Waals surface area contributed by atoms with Gasteiger partial charge in [0.1, 0.15) is 11.1 Å². The van der Waals surface area contributed by atoms with Crippen molar-refractivity contribution in [3.05, 3.63) is 72.1 Å². The van der Waals surface area contributed by atoms with Gasteiger partial charge in [-0.05, 0) is 105 Å². The van der Waals surface area contributed by atoms with Crippen LogP contribution in [0.4, 0.5) is 21.9 Å². The number of benzene rings is 1. The average Bonchev–Trinajstić information content (AvgIpc) is 3.76. The molecule has 2 atom stereocenters. The Morgan fingerprint density at radius 1 is 0.931 bits per heavy atom. The van der Waals surface area contributed by atoms with Gasteiger partial charge in [-0.25, -0.2) is 9.31 Å². The maximum Gasteiger partial charge on any atom is 0.328 e. The fourth-order valence-electron chi connectivity index (χ4n) is 9.21. The minimum absolute atomic E-state index is 0.202. The molecule has 1 aromatic carbocycles. The molecule has 15 nitrogen and oxygen atoms in total. The van der Waals surface area contributed by atoms with E-state index in [0.717, 1.165) is 99.5 Å². The lowest BCUT2D eigenvalue weighted by atomic mass is 9.94. The van der Waals surface area contributed by atoms with Crippen LogP contribution in [0.15, 0.2) is 60.9 Å². The molecule has 5 fully saturated rings. The van der Waals surface area contributed by atoms with Gasteiger partial charge in [-0.1, -0.05) is 0 Å². The van der Waals surface area contributed by atoms with Crippen LogP contribution in [0.2, 0.25) is 0 Å². The number of anilines is 3. The van der Waals surface area contributed by atoms with E-state index in [4.69, 9.17) is 9.72 Å². The van der Waals surface area contributed by atoms with E-state index in [0.29, 0.717) is 71.2 Å². The van der Waals surface area contributed by atoms with E-state index in [-0.39, 0.29) is 18.0 Å². The Labute approximate surface area is 341 Å². The third-order valence-corrected chi connectivity index (χ3v) is 13.3. The van der Waals surface area contributed by atoms with Gasteiger partial charge < -0.3 is 19.9 Å². The largest absolute Gasteiger partial charge is 0.381 e. The van der Waals surface area contributed by atoms with Crippen LogP contribution in [0.1, 0.15) is 56.1 Å². The zero-order chi connectivity index (χ0) is 39.8. The number of piperidine rings is 1. The third-order valence-electron chi connectivity index (χ3n) is 12.4. The summed E-state index contributed by atoms with van der Waals surface area (Å²) in [5.41, 5.74) is 6.25. The summed E-state index contributed by atoms with van der Waals surface area (Å²) in [5, 5.41) is 39.0. The Bertz CT molecular complexity index is 2250. The number of likely N-dealkylation sites (tertiary alicyclic amines) is 1. The first-order valence-electron chi connectivity index (χ1n) is 20.3. The first-order valence-corrected chi connectivity index (χ1v) is 21.2. The number of carbonyl (C=O) groups excluding carboxylic acids is 2. The SMILES string of the molecule is N#Cc1cnn2c(-c3cc(NC4CCOCC4)c(C(=N)SC(=N)N4CC5CCC(C4)N5CC4CCN(c5ccc(N6CCC(=O)NC6=O)cc5)CC4)cn3)ccc2c1. The number of carbonyl (C=O) groups is 2. The molecule has 0 aliphatic carbocycles. The van der Waals surface area contributed by atoms with Crippen LogP contribution in [-0.2, 0) is 9.53 Å². The minimum atomic E-state index is -0.360. The van der Waals surface area contributed by atoms with Crippen molar-refractivity contribution in [3.63, 3.8) is 0 Å². The van der Waals surface area contributed by atoms with Gasteiger partial charge in [0.05, 0.1) is 28.7 Å². The highest BCUT2D eigenvalue weighted by molar-refractivity contribution is 8.26. The molecule has 300 valence electrons. The van der Waals surface area contributed by atoms with Gasteiger partial charge >= 0.3 is 6.03 Å². The summed E-state index contributed by atoms with van der Waals surface area (Å²) >= 11 is 1.20. The molecule has 4 N–H and O–H groups in total. The second-order valence-corrected chi connectivity index (χ2v) is 17.0. The number of nitriles is 1. The van der Waals surface area contributed by atoms with Crippen LogP contribution in [0, 0.1) is 28.1 Å². The fourth-order valence-corrected chi connectivity index (χ4v) is 9.95. The van der Waals surface area contributed by atoms with Gasteiger partial charge in [-0.2, -0.15) is 10.4 Å². The van der Waals surface area contributed by atoms with Gasteiger partial charge in [-0.3, -0.25) is 35.7 Å². The normalized spacial score (nSPS) is 21.9. The molecule has 2 bridgehead atoms. The molecule has 5 aliphatic heterocycles. The Balaban J connectivity index is 0.808. The third kappa shape index (κ3) is 7.86. The molecular weight excluding hydrogens is 753 g/mol. The molecule has 8 heterocycles. The lowest BCUT2D eigenvalue weighted by Crippen LogP contribution is -2.56. The van der Waals surface area contributed by atoms with Crippen molar-refractivity contribution in [1.29, 1.82) is 16.1 Å². The highest BCUT2D eigenvalue weighted by Gasteiger charge is 2.42. The van der Waals surface area contributed by atoms with Gasteiger partial charge in [0, 0.05) is 106 Å². The predicted molar refractivity (Wildman–Crippen MR) is 225 cm³/mol. The first kappa shape index (κ1) is 38.0. The van der Waals surface area contributed by atoms with Crippen molar-refractivity contribution in [2.75, 3.05) is 67.6 Å². The van der Waals surface area contributed by atoms with E-state index in [1.54, 1.807) is 27.9 Å². The number of imide groups is 1. The van der Waals surface area contributed by atoms with Crippen molar-refractivity contribution in [2.45, 2.75) is 63.1 Å². The van der Waals surface area contributed by atoms with Crippen LogP contribution in [-0.4, -0.2) is 117 Å². The summed E-state index contributed by atoms with van der Waals surface area (Å²) in [7, 11) is 0. The van der Waals surface area contributed by atoms with Crippen LogP contribution >= 0.6 is 11.8 Å². The maximum absolute atomic E-state index is 12.3. The molecule has 0 spiro atoms. The Morgan fingerprint density at radius 2 is 1.67 bits per heavy atom. The number of hydrogen-bond acceptors (Lipinski definition) is 12. The van der Waals surface area contributed by atoms with Gasteiger partial charge in [-0.15, -0.1) is 0 Å². The number of aromatic nitrogens is 3. The number of pyridine rings is 1. The van der Waals surface area contributed by atoms with Gasteiger partial charge in [0.25, 0.3) is 0 Å². The summed E-state index contributed by atoms with van der Waals surface area (Å²) in [5.74, 6) is 0.394. The highest BCUT2D eigenvalue weighted by Crippen LogP contribution is 2.36. The number of piperazine rings is 1. The molecule has 2 unspecified atom stereocenters. The molecule has 0 radical (unpaired) electrons. The van der Waals surface area contributed by atoms with E-state index in [2.05, 4.69) is 48.6 Å². The van der Waals surface area contributed by atoms with Crippen LogP contribution in [0.25, 0.3) is 16.9 Å². The number of rotatable bonds is 8. The second-order valence-electron chi connectivity index (χ2n) is 16.0. The van der Waals surface area contributed by atoms with Crippen LogP contribution in [0.5, 0.6) is 0 Å². The monoisotopic (exact) mass is 800 g/mol. The molecule has 3 aromatic heterocycles.